The van der Waals surface area contributed by atoms with Gasteiger partial charge >= 0.3 is 0 Å². The number of thiazole rings is 1. The lowest BCUT2D eigenvalue weighted by Gasteiger charge is -2.14. The fourth-order valence-corrected chi connectivity index (χ4v) is 4.51. The molecule has 4 aromatic rings. The summed E-state index contributed by atoms with van der Waals surface area (Å²) < 4.78 is 7.27. The van der Waals surface area contributed by atoms with Gasteiger partial charge in [0, 0.05) is 10.0 Å². The molecule has 0 atom stereocenters. The molecule has 0 aliphatic rings. The average molecular weight is 498 g/mol. The molecule has 0 aliphatic carbocycles. The van der Waals surface area contributed by atoms with E-state index >= 15 is 0 Å². The van der Waals surface area contributed by atoms with Gasteiger partial charge in [-0.15, -0.1) is 11.3 Å². The topological polar surface area (TPSA) is 63.2 Å². The van der Waals surface area contributed by atoms with Gasteiger partial charge in [-0.3, -0.25) is 10.1 Å². The Labute approximate surface area is 191 Å². The first-order valence-corrected chi connectivity index (χ1v) is 11.0. The van der Waals surface area contributed by atoms with E-state index in [-0.39, 0.29) is 11.0 Å². The fraction of sp³-hybridized carbons (Fsp3) is 0.0455. The van der Waals surface area contributed by atoms with Crippen molar-refractivity contribution in [2.24, 2.45) is 0 Å². The van der Waals surface area contributed by atoms with Gasteiger partial charge in [-0.1, -0.05) is 40.2 Å². The number of carbonyl (C=O) groups excluding carboxylic acids is 1. The number of rotatable bonds is 4. The molecule has 1 aromatic heterocycles. The third-order valence-electron chi connectivity index (χ3n) is 4.33. The fourth-order valence-electron chi connectivity index (χ4n) is 2.95. The van der Waals surface area contributed by atoms with Crippen LogP contribution in [0.25, 0.3) is 20.8 Å². The quantitative estimate of drug-likeness (QED) is 0.345. The summed E-state index contributed by atoms with van der Waals surface area (Å²) in [6, 6.07) is 20.8. The van der Waals surface area contributed by atoms with E-state index in [1.165, 1.54) is 7.11 Å². The van der Waals surface area contributed by atoms with Gasteiger partial charge in [0.25, 0.3) is 5.91 Å². The normalized spacial score (nSPS) is 10.6. The minimum Gasteiger partial charge on any atom is -0.496 e. The average Bonchev–Trinajstić information content (AvgIpc) is 3.19. The Bertz CT molecular complexity index is 1220. The highest BCUT2D eigenvalue weighted by Gasteiger charge is 2.16. The molecule has 1 amide bonds. The van der Waals surface area contributed by atoms with Crippen LogP contribution in [0.3, 0.4) is 0 Å². The number of aromatic nitrogens is 1. The van der Waals surface area contributed by atoms with E-state index in [2.05, 4.69) is 26.6 Å². The number of halogens is 1. The maximum atomic E-state index is 12.6. The molecule has 0 fully saturated rings. The molecule has 0 aliphatic heterocycles. The molecule has 5 nitrogen and oxygen atoms in total. The van der Waals surface area contributed by atoms with E-state index in [4.69, 9.17) is 21.9 Å². The second-order valence-corrected chi connectivity index (χ2v) is 8.64. The van der Waals surface area contributed by atoms with Gasteiger partial charge < -0.3 is 10.1 Å². The number of fused-ring (bicyclic) bond motifs is 1. The van der Waals surface area contributed by atoms with Crippen LogP contribution in [0.1, 0.15) is 10.4 Å². The van der Waals surface area contributed by atoms with Gasteiger partial charge in [0.15, 0.2) is 5.11 Å². The van der Waals surface area contributed by atoms with E-state index < -0.39 is 0 Å². The standard InChI is InChI=1S/C22H16BrN3O2S2/c1-28-18-8-4-2-6-14(18)20(27)26-22(29)25-16-11-10-13(23)12-15(16)21-24-17-7-3-5-9-19(17)30-21/h2-12H,1H3,(H2,25,26,27,29). The number of carbonyl (C=O) groups is 1. The van der Waals surface area contributed by atoms with Crippen molar-refractivity contribution in [3.05, 3.63) is 76.8 Å². The van der Waals surface area contributed by atoms with Crippen LogP contribution in [-0.4, -0.2) is 23.1 Å². The largest absolute Gasteiger partial charge is 0.496 e. The van der Waals surface area contributed by atoms with Crippen LogP contribution in [-0.2, 0) is 0 Å². The van der Waals surface area contributed by atoms with E-state index in [9.17, 15) is 4.79 Å². The number of para-hydroxylation sites is 2. The van der Waals surface area contributed by atoms with Crippen LogP contribution in [0, 0.1) is 0 Å². The molecule has 0 saturated heterocycles. The predicted octanol–water partition coefficient (Wildman–Crippen LogP) is 5.86. The monoisotopic (exact) mass is 497 g/mol. The maximum Gasteiger partial charge on any atom is 0.261 e. The second-order valence-electron chi connectivity index (χ2n) is 6.29. The highest BCUT2D eigenvalue weighted by Crippen LogP contribution is 2.36. The minimum absolute atomic E-state index is 0.190. The third-order valence-corrected chi connectivity index (χ3v) is 6.10. The lowest BCUT2D eigenvalue weighted by atomic mass is 10.2. The predicted molar refractivity (Wildman–Crippen MR) is 129 cm³/mol. The van der Waals surface area contributed by atoms with Crippen LogP contribution >= 0.6 is 39.5 Å². The molecule has 2 N–H and O–H groups in total. The number of nitrogens with one attached hydrogen (secondary N) is 2. The van der Waals surface area contributed by atoms with Crippen LogP contribution in [0.4, 0.5) is 5.69 Å². The third kappa shape index (κ3) is 4.35. The zero-order chi connectivity index (χ0) is 21.1. The number of benzene rings is 3. The van der Waals surface area contributed by atoms with Crippen molar-refractivity contribution >= 4 is 66.4 Å². The van der Waals surface area contributed by atoms with E-state index in [1.807, 2.05) is 42.5 Å². The van der Waals surface area contributed by atoms with E-state index in [1.54, 1.807) is 35.6 Å². The van der Waals surface area contributed by atoms with Crippen molar-refractivity contribution in [1.82, 2.24) is 10.3 Å². The summed E-state index contributed by atoms with van der Waals surface area (Å²) in [6.45, 7) is 0. The molecule has 0 saturated carbocycles. The Balaban J connectivity index is 1.59. The summed E-state index contributed by atoms with van der Waals surface area (Å²) in [6.07, 6.45) is 0. The number of thiocarbonyl (C=S) groups is 1. The first kappa shape index (κ1) is 20.5. The molecule has 4 rings (SSSR count). The number of amides is 1. The second kappa shape index (κ2) is 8.91. The molecule has 1 heterocycles. The SMILES string of the molecule is COc1ccccc1C(=O)NC(=S)Nc1ccc(Br)cc1-c1nc2ccccc2s1. The van der Waals surface area contributed by atoms with E-state index in [0.29, 0.717) is 11.3 Å². The van der Waals surface area contributed by atoms with Gasteiger partial charge in [-0.2, -0.15) is 0 Å². The summed E-state index contributed by atoms with van der Waals surface area (Å²) in [4.78, 5) is 17.3. The van der Waals surface area contributed by atoms with Gasteiger partial charge in [0.05, 0.1) is 28.6 Å². The number of ether oxygens (including phenoxy) is 1. The molecule has 0 unspecified atom stereocenters. The Hall–Kier alpha value is -2.81. The van der Waals surface area contributed by atoms with Gasteiger partial charge in [-0.25, -0.2) is 4.98 Å². The highest BCUT2D eigenvalue weighted by atomic mass is 79.9. The first-order valence-electron chi connectivity index (χ1n) is 8.96. The Morgan fingerprint density at radius 2 is 1.87 bits per heavy atom. The lowest BCUT2D eigenvalue weighted by molar-refractivity contribution is 0.0975. The molecule has 30 heavy (non-hydrogen) atoms. The Kier molecular flexibility index (Phi) is 6.08. The minimum atomic E-state index is -0.344. The summed E-state index contributed by atoms with van der Waals surface area (Å²) in [5, 5.41) is 6.89. The van der Waals surface area contributed by atoms with Crippen molar-refractivity contribution < 1.29 is 9.53 Å². The summed E-state index contributed by atoms with van der Waals surface area (Å²) in [5.41, 5.74) is 2.99. The lowest BCUT2D eigenvalue weighted by Crippen LogP contribution is -2.34. The zero-order valence-electron chi connectivity index (χ0n) is 15.8. The van der Waals surface area contributed by atoms with Crippen molar-refractivity contribution in [2.75, 3.05) is 12.4 Å². The van der Waals surface area contributed by atoms with Gasteiger partial charge in [-0.05, 0) is 54.7 Å². The van der Waals surface area contributed by atoms with Crippen molar-refractivity contribution in [1.29, 1.82) is 0 Å². The number of anilines is 1. The van der Waals surface area contributed by atoms with E-state index in [0.717, 1.165) is 30.9 Å². The summed E-state index contributed by atoms with van der Waals surface area (Å²) in [7, 11) is 1.52. The molecular formula is C22H16BrN3O2S2. The maximum absolute atomic E-state index is 12.6. The number of hydrogen-bond acceptors (Lipinski definition) is 5. The number of nitrogens with zero attached hydrogens (tertiary/aromatic N) is 1. The highest BCUT2D eigenvalue weighted by molar-refractivity contribution is 9.10. The van der Waals surface area contributed by atoms with Gasteiger partial charge in [0.2, 0.25) is 0 Å². The summed E-state index contributed by atoms with van der Waals surface area (Å²) in [5.74, 6) is 0.139. The molecule has 8 heteroatoms. The Morgan fingerprint density at radius 1 is 1.10 bits per heavy atom. The smallest absolute Gasteiger partial charge is 0.261 e. The van der Waals surface area contributed by atoms with Crippen molar-refractivity contribution in [2.45, 2.75) is 0 Å². The molecule has 3 aromatic carbocycles. The van der Waals surface area contributed by atoms with Crippen molar-refractivity contribution in [3.8, 4) is 16.3 Å². The molecule has 0 spiro atoms. The number of methoxy groups -OCH3 is 1. The number of hydrogen-bond donors (Lipinski definition) is 2. The molecule has 150 valence electrons. The first-order chi connectivity index (χ1) is 14.5. The van der Waals surface area contributed by atoms with Crippen LogP contribution in [0.2, 0.25) is 0 Å². The molecule has 0 bridgehead atoms. The summed E-state index contributed by atoms with van der Waals surface area (Å²) >= 11 is 10.5. The zero-order valence-corrected chi connectivity index (χ0v) is 19.0. The molecule has 0 radical (unpaired) electrons. The van der Waals surface area contributed by atoms with Crippen LogP contribution < -0.4 is 15.4 Å². The Morgan fingerprint density at radius 3 is 2.67 bits per heavy atom. The van der Waals surface area contributed by atoms with Crippen molar-refractivity contribution in [3.63, 3.8) is 0 Å². The van der Waals surface area contributed by atoms with Crippen LogP contribution in [0.5, 0.6) is 5.75 Å². The van der Waals surface area contributed by atoms with Crippen LogP contribution in [0.15, 0.2) is 71.2 Å². The molecular weight excluding hydrogens is 482 g/mol. The van der Waals surface area contributed by atoms with Gasteiger partial charge in [0.1, 0.15) is 10.8 Å².